The fourth-order valence-corrected chi connectivity index (χ4v) is 4.54. The smallest absolute Gasteiger partial charge is 0.00266 e. The predicted molar refractivity (Wildman–Crippen MR) is 130 cm³/mol. The second kappa shape index (κ2) is 6.86. The maximum atomic E-state index is 2.32. The maximum absolute atomic E-state index is 2.32. The van der Waals surface area contributed by atoms with Gasteiger partial charge in [-0.25, -0.2) is 0 Å². The lowest BCUT2D eigenvalue weighted by molar-refractivity contribution is 1.64. The molecule has 140 valence electrons. The molecule has 0 aliphatic heterocycles. The predicted octanol–water partition coefficient (Wildman–Crippen LogP) is 8.48. The molecule has 6 rings (SSSR count). The first-order valence-electron chi connectivity index (χ1n) is 10.4. The summed E-state index contributed by atoms with van der Waals surface area (Å²) in [5, 5.41) is 7.70. The Morgan fingerprint density at radius 1 is 0.300 bits per heavy atom. The molecule has 6 aromatic carbocycles. The van der Waals surface area contributed by atoms with E-state index in [1.54, 1.807) is 0 Å². The highest BCUT2D eigenvalue weighted by atomic mass is 14.1. The molecule has 0 atom stereocenters. The van der Waals surface area contributed by atoms with Crippen LogP contribution in [0.3, 0.4) is 0 Å². The van der Waals surface area contributed by atoms with E-state index in [4.69, 9.17) is 0 Å². The van der Waals surface area contributed by atoms with Crippen molar-refractivity contribution in [2.45, 2.75) is 0 Å². The minimum Gasteiger partial charge on any atom is -0.0622 e. The van der Waals surface area contributed by atoms with Gasteiger partial charge in [-0.15, -0.1) is 0 Å². The molecule has 0 aliphatic rings. The van der Waals surface area contributed by atoms with Crippen molar-refractivity contribution in [3.05, 3.63) is 121 Å². The third-order valence-electron chi connectivity index (χ3n) is 6.01. The van der Waals surface area contributed by atoms with Gasteiger partial charge in [-0.3, -0.25) is 0 Å². The third kappa shape index (κ3) is 2.77. The van der Waals surface area contributed by atoms with Crippen molar-refractivity contribution in [1.82, 2.24) is 0 Å². The molecule has 0 aliphatic carbocycles. The van der Waals surface area contributed by atoms with Crippen LogP contribution < -0.4 is 0 Å². The summed E-state index contributed by atoms with van der Waals surface area (Å²) in [6.07, 6.45) is 0. The molecule has 0 radical (unpaired) electrons. The minimum absolute atomic E-state index is 1.25. The molecule has 0 saturated carbocycles. The van der Waals surface area contributed by atoms with Gasteiger partial charge >= 0.3 is 0 Å². The van der Waals surface area contributed by atoms with Crippen molar-refractivity contribution in [2.75, 3.05) is 0 Å². The van der Waals surface area contributed by atoms with Gasteiger partial charge in [0.1, 0.15) is 0 Å². The van der Waals surface area contributed by atoms with Gasteiger partial charge in [-0.1, -0.05) is 103 Å². The van der Waals surface area contributed by atoms with Crippen LogP contribution in [-0.2, 0) is 0 Å². The van der Waals surface area contributed by atoms with Gasteiger partial charge < -0.3 is 0 Å². The molecular weight excluding hydrogens is 360 g/mol. The summed E-state index contributed by atoms with van der Waals surface area (Å²) in [5.41, 5.74) is 5.08. The number of rotatable bonds is 2. The Bertz CT molecular complexity index is 1520. The Hall–Kier alpha value is -3.90. The fourth-order valence-electron chi connectivity index (χ4n) is 4.54. The molecule has 0 unspecified atom stereocenters. The van der Waals surface area contributed by atoms with Crippen LogP contribution in [0.5, 0.6) is 0 Å². The van der Waals surface area contributed by atoms with E-state index < -0.39 is 0 Å². The van der Waals surface area contributed by atoms with Crippen LogP contribution >= 0.6 is 0 Å². The molecule has 0 bridgehead atoms. The Morgan fingerprint density at radius 3 is 1.80 bits per heavy atom. The normalized spacial score (nSPS) is 11.3. The van der Waals surface area contributed by atoms with Crippen LogP contribution in [0.2, 0.25) is 0 Å². The van der Waals surface area contributed by atoms with Crippen LogP contribution in [0.4, 0.5) is 0 Å². The van der Waals surface area contributed by atoms with Crippen molar-refractivity contribution in [2.24, 2.45) is 0 Å². The summed E-state index contributed by atoms with van der Waals surface area (Å²) in [7, 11) is 0. The van der Waals surface area contributed by atoms with Crippen LogP contribution in [-0.4, -0.2) is 0 Å². The summed E-state index contributed by atoms with van der Waals surface area (Å²) in [5.74, 6) is 0. The maximum Gasteiger partial charge on any atom is -0.00266 e. The summed E-state index contributed by atoms with van der Waals surface area (Å²) in [6.45, 7) is 0. The van der Waals surface area contributed by atoms with Crippen molar-refractivity contribution in [3.8, 4) is 22.3 Å². The van der Waals surface area contributed by atoms with E-state index in [1.165, 1.54) is 54.6 Å². The number of hydrogen-bond donors (Lipinski definition) is 0. The highest BCUT2D eigenvalue weighted by Gasteiger charge is 2.11. The zero-order valence-corrected chi connectivity index (χ0v) is 16.5. The lowest BCUT2D eigenvalue weighted by atomic mass is 9.89. The summed E-state index contributed by atoms with van der Waals surface area (Å²) in [4.78, 5) is 0. The second-order valence-corrected chi connectivity index (χ2v) is 7.84. The van der Waals surface area contributed by atoms with Gasteiger partial charge in [-0.05, 0) is 72.8 Å². The number of fused-ring (bicyclic) bond motifs is 3. The van der Waals surface area contributed by atoms with E-state index in [2.05, 4.69) is 121 Å². The van der Waals surface area contributed by atoms with Crippen LogP contribution in [0, 0.1) is 0 Å². The molecule has 0 spiro atoms. The Balaban J connectivity index is 1.67. The molecule has 0 N–H and O–H groups in total. The monoisotopic (exact) mass is 380 g/mol. The minimum atomic E-state index is 1.25. The molecule has 0 heteroatoms. The first-order chi connectivity index (χ1) is 14.9. The quantitative estimate of drug-likeness (QED) is 0.264. The third-order valence-corrected chi connectivity index (χ3v) is 6.01. The van der Waals surface area contributed by atoms with Crippen LogP contribution in [0.15, 0.2) is 121 Å². The average molecular weight is 380 g/mol. The molecule has 0 heterocycles. The van der Waals surface area contributed by atoms with Gasteiger partial charge in [0.15, 0.2) is 0 Å². The van der Waals surface area contributed by atoms with E-state index >= 15 is 0 Å². The molecule has 0 nitrogen and oxygen atoms in total. The standard InChI is InChI=1S/C30H20/c1-2-8-21(9-3-1)24-16-17-29-27(19-24)20-25-12-6-7-13-28(25)30(29)26-15-14-22-10-4-5-11-23(22)18-26/h1-20H. The first kappa shape index (κ1) is 17.0. The zero-order valence-electron chi connectivity index (χ0n) is 16.5. The van der Waals surface area contributed by atoms with Crippen molar-refractivity contribution >= 4 is 32.3 Å². The van der Waals surface area contributed by atoms with Crippen LogP contribution in [0.1, 0.15) is 0 Å². The number of benzene rings is 6. The fraction of sp³-hybridized carbons (Fsp3) is 0. The van der Waals surface area contributed by atoms with Crippen molar-refractivity contribution < 1.29 is 0 Å². The Labute approximate surface area is 176 Å². The Kier molecular flexibility index (Phi) is 3.89. The van der Waals surface area contributed by atoms with Gasteiger partial charge in [-0.2, -0.15) is 0 Å². The molecule has 0 aromatic heterocycles. The van der Waals surface area contributed by atoms with E-state index in [9.17, 15) is 0 Å². The molecular formula is C30H20. The average Bonchev–Trinajstić information content (AvgIpc) is 2.82. The van der Waals surface area contributed by atoms with E-state index in [1.807, 2.05) is 0 Å². The van der Waals surface area contributed by atoms with Gasteiger partial charge in [0.2, 0.25) is 0 Å². The molecule has 0 amide bonds. The molecule has 30 heavy (non-hydrogen) atoms. The van der Waals surface area contributed by atoms with Gasteiger partial charge in [0.05, 0.1) is 0 Å². The van der Waals surface area contributed by atoms with Crippen molar-refractivity contribution in [3.63, 3.8) is 0 Å². The lowest BCUT2D eigenvalue weighted by Crippen LogP contribution is -1.87. The largest absolute Gasteiger partial charge is 0.0622 e. The van der Waals surface area contributed by atoms with E-state index in [0.29, 0.717) is 0 Å². The van der Waals surface area contributed by atoms with Gasteiger partial charge in [0.25, 0.3) is 0 Å². The topological polar surface area (TPSA) is 0 Å². The van der Waals surface area contributed by atoms with Crippen molar-refractivity contribution in [1.29, 1.82) is 0 Å². The zero-order chi connectivity index (χ0) is 19.9. The van der Waals surface area contributed by atoms with Gasteiger partial charge in [0, 0.05) is 0 Å². The van der Waals surface area contributed by atoms with E-state index in [-0.39, 0.29) is 0 Å². The summed E-state index contributed by atoms with van der Waals surface area (Å²) in [6, 6.07) is 43.9. The summed E-state index contributed by atoms with van der Waals surface area (Å²) >= 11 is 0. The lowest BCUT2D eigenvalue weighted by Gasteiger charge is -2.14. The summed E-state index contributed by atoms with van der Waals surface area (Å²) < 4.78 is 0. The molecule has 6 aromatic rings. The van der Waals surface area contributed by atoms with Crippen LogP contribution in [0.25, 0.3) is 54.6 Å². The highest BCUT2D eigenvalue weighted by Crippen LogP contribution is 2.38. The molecule has 0 saturated heterocycles. The SMILES string of the molecule is c1ccc(-c2ccc3c(-c4ccc5ccccc5c4)c4ccccc4cc3c2)cc1. The van der Waals surface area contributed by atoms with E-state index in [0.717, 1.165) is 0 Å². The number of hydrogen-bond acceptors (Lipinski definition) is 0. The first-order valence-corrected chi connectivity index (χ1v) is 10.4. The Morgan fingerprint density at radius 2 is 0.933 bits per heavy atom. The highest BCUT2D eigenvalue weighted by molar-refractivity contribution is 6.14. The second-order valence-electron chi connectivity index (χ2n) is 7.84. The molecule has 0 fully saturated rings.